The summed E-state index contributed by atoms with van der Waals surface area (Å²) in [6.07, 6.45) is 2.82. The van der Waals surface area contributed by atoms with Crippen LogP contribution in [0, 0.1) is 0 Å². The minimum atomic E-state index is -0.420. The number of carbonyl (C=O) groups is 1. The number of benzene rings is 2. The molecular weight excluding hydrogens is 310 g/mol. The first kappa shape index (κ1) is 16.0. The van der Waals surface area contributed by atoms with Crippen LogP contribution in [0.3, 0.4) is 0 Å². The van der Waals surface area contributed by atoms with Crippen LogP contribution in [-0.4, -0.2) is 18.9 Å². The highest BCUT2D eigenvalue weighted by atomic mass is 35.5. The van der Waals surface area contributed by atoms with Gasteiger partial charge in [-0.25, -0.2) is 0 Å². The first-order chi connectivity index (χ1) is 11.2. The SMILES string of the molecule is NCCOc1cccc(C(=O)C2(c3ccc(Cl)cc3)CCC2)c1. The van der Waals surface area contributed by atoms with E-state index in [1.165, 1.54) is 0 Å². The van der Waals surface area contributed by atoms with Crippen LogP contribution in [0.2, 0.25) is 5.02 Å². The molecular formula is C19H20ClNO2. The maximum absolute atomic E-state index is 13.1. The molecule has 2 aromatic rings. The molecule has 0 radical (unpaired) electrons. The van der Waals surface area contributed by atoms with E-state index in [1.54, 1.807) is 0 Å². The van der Waals surface area contributed by atoms with E-state index >= 15 is 0 Å². The minimum Gasteiger partial charge on any atom is -0.492 e. The summed E-state index contributed by atoms with van der Waals surface area (Å²) in [5.74, 6) is 0.844. The molecule has 1 aliphatic carbocycles. The van der Waals surface area contributed by atoms with E-state index in [1.807, 2.05) is 48.5 Å². The fourth-order valence-corrected chi connectivity index (χ4v) is 3.25. The van der Waals surface area contributed by atoms with Gasteiger partial charge in [0.1, 0.15) is 12.4 Å². The van der Waals surface area contributed by atoms with Gasteiger partial charge in [0, 0.05) is 17.1 Å². The highest BCUT2D eigenvalue weighted by Gasteiger charge is 2.45. The molecule has 1 fully saturated rings. The minimum absolute atomic E-state index is 0.157. The number of hydrogen-bond donors (Lipinski definition) is 1. The molecule has 3 nitrogen and oxygen atoms in total. The summed E-state index contributed by atoms with van der Waals surface area (Å²) < 4.78 is 5.54. The standard InChI is InChI=1S/C19H20ClNO2/c20-16-7-5-15(6-8-16)19(9-2-10-19)18(22)14-3-1-4-17(13-14)23-12-11-21/h1,3-8,13H,2,9-12,21H2. The van der Waals surface area contributed by atoms with Crippen molar-refractivity contribution in [1.82, 2.24) is 0 Å². The Morgan fingerprint density at radius 3 is 2.52 bits per heavy atom. The van der Waals surface area contributed by atoms with Gasteiger partial charge in [0.05, 0.1) is 5.41 Å². The monoisotopic (exact) mass is 329 g/mol. The predicted octanol–water partition coefficient (Wildman–Crippen LogP) is 3.98. The topological polar surface area (TPSA) is 52.3 Å². The molecule has 0 aromatic heterocycles. The maximum atomic E-state index is 13.1. The van der Waals surface area contributed by atoms with Gasteiger partial charge in [-0.3, -0.25) is 4.79 Å². The Hall–Kier alpha value is -1.84. The summed E-state index contributed by atoms with van der Waals surface area (Å²) in [5, 5.41) is 0.688. The highest BCUT2D eigenvalue weighted by Crippen LogP contribution is 2.46. The molecule has 0 atom stereocenters. The van der Waals surface area contributed by atoms with Crippen LogP contribution in [0.5, 0.6) is 5.75 Å². The van der Waals surface area contributed by atoms with Crippen LogP contribution in [0.4, 0.5) is 0 Å². The number of halogens is 1. The number of ether oxygens (including phenoxy) is 1. The predicted molar refractivity (Wildman–Crippen MR) is 92.3 cm³/mol. The van der Waals surface area contributed by atoms with Gasteiger partial charge in [0.15, 0.2) is 5.78 Å². The Bertz CT molecular complexity index is 693. The molecule has 0 saturated heterocycles. The average molecular weight is 330 g/mol. The van der Waals surface area contributed by atoms with E-state index in [-0.39, 0.29) is 5.78 Å². The Kier molecular flexibility index (Phi) is 4.69. The summed E-state index contributed by atoms with van der Waals surface area (Å²) >= 11 is 5.98. The first-order valence-electron chi connectivity index (χ1n) is 7.89. The van der Waals surface area contributed by atoms with Crippen LogP contribution < -0.4 is 10.5 Å². The van der Waals surface area contributed by atoms with E-state index in [2.05, 4.69) is 0 Å². The van der Waals surface area contributed by atoms with E-state index in [9.17, 15) is 4.79 Å². The zero-order chi connectivity index (χ0) is 16.3. The fraction of sp³-hybridized carbons (Fsp3) is 0.316. The second-order valence-corrected chi connectivity index (χ2v) is 6.37. The molecule has 0 spiro atoms. The summed E-state index contributed by atoms with van der Waals surface area (Å²) in [6.45, 7) is 0.896. The second-order valence-electron chi connectivity index (χ2n) is 5.94. The molecule has 23 heavy (non-hydrogen) atoms. The van der Waals surface area contributed by atoms with E-state index in [4.69, 9.17) is 22.1 Å². The Morgan fingerprint density at radius 1 is 1.17 bits per heavy atom. The second kappa shape index (κ2) is 6.73. The average Bonchev–Trinajstić information content (AvgIpc) is 2.54. The molecule has 1 aliphatic rings. The number of rotatable bonds is 6. The number of nitrogens with two attached hydrogens (primary N) is 1. The molecule has 0 aliphatic heterocycles. The van der Waals surface area contributed by atoms with E-state index in [0.717, 1.165) is 24.8 Å². The lowest BCUT2D eigenvalue weighted by Gasteiger charge is -2.41. The summed E-state index contributed by atoms with van der Waals surface area (Å²) in [5.41, 5.74) is 6.78. The van der Waals surface area contributed by atoms with Crippen LogP contribution in [-0.2, 0) is 5.41 Å². The number of ketones is 1. The van der Waals surface area contributed by atoms with Crippen molar-refractivity contribution in [1.29, 1.82) is 0 Å². The Labute approximate surface area is 141 Å². The lowest BCUT2D eigenvalue weighted by molar-refractivity contribution is 0.0788. The largest absolute Gasteiger partial charge is 0.492 e. The fourth-order valence-electron chi connectivity index (χ4n) is 3.13. The van der Waals surface area contributed by atoms with Crippen LogP contribution in [0.25, 0.3) is 0 Å². The molecule has 3 rings (SSSR count). The third kappa shape index (κ3) is 3.12. The van der Waals surface area contributed by atoms with Gasteiger partial charge in [-0.05, 0) is 42.7 Å². The molecule has 120 valence electrons. The summed E-state index contributed by atoms with van der Waals surface area (Å²) in [4.78, 5) is 13.1. The number of hydrogen-bond acceptors (Lipinski definition) is 3. The van der Waals surface area contributed by atoms with Crippen molar-refractivity contribution < 1.29 is 9.53 Å². The van der Waals surface area contributed by atoms with Gasteiger partial charge in [-0.1, -0.05) is 42.3 Å². The Morgan fingerprint density at radius 2 is 1.91 bits per heavy atom. The smallest absolute Gasteiger partial charge is 0.173 e. The van der Waals surface area contributed by atoms with E-state index < -0.39 is 5.41 Å². The first-order valence-corrected chi connectivity index (χ1v) is 8.27. The molecule has 0 amide bonds. The van der Waals surface area contributed by atoms with Crippen molar-refractivity contribution in [2.45, 2.75) is 24.7 Å². The van der Waals surface area contributed by atoms with Gasteiger partial charge >= 0.3 is 0 Å². The van der Waals surface area contributed by atoms with Gasteiger partial charge in [0.25, 0.3) is 0 Å². The highest BCUT2D eigenvalue weighted by molar-refractivity contribution is 6.30. The third-order valence-electron chi connectivity index (χ3n) is 4.52. The normalized spacial score (nSPS) is 15.7. The summed E-state index contributed by atoms with van der Waals surface area (Å²) in [7, 11) is 0. The zero-order valence-electron chi connectivity index (χ0n) is 12.9. The molecule has 2 aromatic carbocycles. The van der Waals surface area contributed by atoms with E-state index in [0.29, 0.717) is 29.5 Å². The van der Waals surface area contributed by atoms with Crippen molar-refractivity contribution in [3.05, 3.63) is 64.7 Å². The molecule has 0 unspecified atom stereocenters. The van der Waals surface area contributed by atoms with Gasteiger partial charge in [0.2, 0.25) is 0 Å². The van der Waals surface area contributed by atoms with Gasteiger partial charge < -0.3 is 10.5 Å². The van der Waals surface area contributed by atoms with Crippen molar-refractivity contribution in [3.8, 4) is 5.75 Å². The van der Waals surface area contributed by atoms with Gasteiger partial charge in [-0.2, -0.15) is 0 Å². The number of Topliss-reactive ketones (excluding diaryl/α,β-unsaturated/α-hetero) is 1. The molecule has 1 saturated carbocycles. The van der Waals surface area contributed by atoms with Crippen molar-refractivity contribution in [3.63, 3.8) is 0 Å². The quantitative estimate of drug-likeness (QED) is 0.815. The lowest BCUT2D eigenvalue weighted by Crippen LogP contribution is -2.42. The zero-order valence-corrected chi connectivity index (χ0v) is 13.7. The Balaban J connectivity index is 1.90. The molecule has 0 bridgehead atoms. The van der Waals surface area contributed by atoms with Crippen LogP contribution in [0.1, 0.15) is 35.2 Å². The van der Waals surface area contributed by atoms with Crippen molar-refractivity contribution in [2.24, 2.45) is 5.73 Å². The molecule has 0 heterocycles. The molecule has 2 N–H and O–H groups in total. The van der Waals surface area contributed by atoms with Crippen LogP contribution >= 0.6 is 11.6 Å². The van der Waals surface area contributed by atoms with Gasteiger partial charge in [-0.15, -0.1) is 0 Å². The van der Waals surface area contributed by atoms with Crippen molar-refractivity contribution in [2.75, 3.05) is 13.2 Å². The maximum Gasteiger partial charge on any atom is 0.173 e. The van der Waals surface area contributed by atoms with Crippen molar-refractivity contribution >= 4 is 17.4 Å². The summed E-state index contributed by atoms with van der Waals surface area (Å²) in [6, 6.07) is 15.0. The molecule has 4 heteroatoms. The lowest BCUT2D eigenvalue weighted by atomic mass is 9.61. The third-order valence-corrected chi connectivity index (χ3v) is 4.77. The number of carbonyl (C=O) groups excluding carboxylic acids is 1. The van der Waals surface area contributed by atoms with Crippen LogP contribution in [0.15, 0.2) is 48.5 Å².